The Morgan fingerprint density at radius 1 is 1.35 bits per heavy atom. The molecule has 5 N–H and O–H groups in total. The van der Waals surface area contributed by atoms with Gasteiger partial charge in [-0.05, 0) is 5.56 Å². The number of carbonyl (C=O) groups excluding carboxylic acids is 1. The van der Waals surface area contributed by atoms with Gasteiger partial charge in [0.1, 0.15) is 6.10 Å². The molecule has 0 bridgehead atoms. The lowest BCUT2D eigenvalue weighted by molar-refractivity contribution is -0.991. The molecule has 1 rings (SSSR count). The first-order valence-corrected chi connectivity index (χ1v) is 5.90. The van der Waals surface area contributed by atoms with Crippen LogP contribution in [0.15, 0.2) is 24.3 Å². The Bertz CT molecular complexity index is 473. The van der Waals surface area contributed by atoms with Gasteiger partial charge < -0.3 is 20.7 Å². The van der Waals surface area contributed by atoms with Crippen molar-refractivity contribution in [3.63, 3.8) is 0 Å². The lowest BCUT2D eigenvalue weighted by Crippen LogP contribution is -2.99. The molecule has 1 aromatic carbocycles. The highest BCUT2D eigenvalue weighted by atomic mass is 16.8. The zero-order chi connectivity index (χ0) is 15.3. The third-order valence-electron chi connectivity index (χ3n) is 2.72. The van der Waals surface area contributed by atoms with Gasteiger partial charge in [-0.15, -0.1) is 0 Å². The van der Waals surface area contributed by atoms with E-state index in [2.05, 4.69) is 5.32 Å². The predicted octanol–water partition coefficient (Wildman–Crippen LogP) is -0.897. The second-order valence-corrected chi connectivity index (χ2v) is 4.11. The van der Waals surface area contributed by atoms with Crippen LogP contribution in [0.3, 0.4) is 0 Å². The Hall–Kier alpha value is -2.00. The van der Waals surface area contributed by atoms with Crippen molar-refractivity contribution in [1.29, 1.82) is 0 Å². The number of aliphatic hydroxyl groups is 1. The summed E-state index contributed by atoms with van der Waals surface area (Å²) in [6, 6.07) is 3.63. The van der Waals surface area contributed by atoms with Crippen LogP contribution in [-0.4, -0.2) is 33.3 Å². The fourth-order valence-corrected chi connectivity index (χ4v) is 1.57. The molecule has 8 nitrogen and oxygen atoms in total. The number of amides is 1. The summed E-state index contributed by atoms with van der Waals surface area (Å²) >= 11 is 0. The smallest absolute Gasteiger partial charge is 0.329 e. The zero-order valence-electron chi connectivity index (χ0n) is 10.7. The molecule has 8 heteroatoms. The first-order valence-electron chi connectivity index (χ1n) is 5.90. The molecule has 1 amide bonds. The number of aliphatic carboxylic acids is 1. The lowest BCUT2D eigenvalue weighted by atomic mass is 10.0. The third kappa shape index (κ3) is 4.00. The van der Waals surface area contributed by atoms with E-state index >= 15 is 0 Å². The number of nitrogens with one attached hydrogen (secondary N) is 2. The molecule has 0 aliphatic heterocycles. The highest BCUT2D eigenvalue weighted by molar-refractivity contribution is 5.83. The van der Waals surface area contributed by atoms with Crippen LogP contribution in [0.4, 0.5) is 5.69 Å². The average molecular weight is 284 g/mol. The Balaban J connectivity index is 2.91. The lowest BCUT2D eigenvalue weighted by Gasteiger charge is -2.21. The quantitative estimate of drug-likeness (QED) is 0.430. The Labute approximate surface area is 114 Å². The summed E-state index contributed by atoms with van der Waals surface area (Å²) < 4.78 is 0. The van der Waals surface area contributed by atoms with Gasteiger partial charge in [-0.3, -0.25) is 4.79 Å². The number of carboxylic acids is 1. The molecule has 0 heterocycles. The van der Waals surface area contributed by atoms with E-state index < -0.39 is 29.2 Å². The van der Waals surface area contributed by atoms with Crippen molar-refractivity contribution < 1.29 is 30.2 Å². The van der Waals surface area contributed by atoms with E-state index in [1.807, 2.05) is 0 Å². The number of hydrogen-bond donors (Lipinski definition) is 5. The highest BCUT2D eigenvalue weighted by Crippen LogP contribution is 2.18. The van der Waals surface area contributed by atoms with E-state index in [0.717, 1.165) is 0 Å². The predicted molar refractivity (Wildman–Crippen MR) is 67.0 cm³/mol. The Morgan fingerprint density at radius 2 is 1.90 bits per heavy atom. The summed E-state index contributed by atoms with van der Waals surface area (Å²) in [6.07, 6.45) is -1.38. The molecule has 0 saturated carbocycles. The Kier molecular flexibility index (Phi) is 5.59. The number of carbonyl (C=O) groups is 2. The van der Waals surface area contributed by atoms with Crippen molar-refractivity contribution in [2.24, 2.45) is 0 Å². The van der Waals surface area contributed by atoms with E-state index in [0.29, 0.717) is 0 Å². The van der Waals surface area contributed by atoms with E-state index in [1.165, 1.54) is 24.3 Å². The minimum Gasteiger partial charge on any atom is -0.595 e. The van der Waals surface area contributed by atoms with Crippen molar-refractivity contribution in [3.8, 4) is 0 Å². The molecule has 1 aromatic rings. The maximum atomic E-state index is 11.2. The normalized spacial score (nSPS) is 15.2. The van der Waals surface area contributed by atoms with Gasteiger partial charge in [0.2, 0.25) is 5.91 Å². The van der Waals surface area contributed by atoms with Crippen molar-refractivity contribution in [3.05, 3.63) is 35.0 Å². The van der Waals surface area contributed by atoms with Crippen molar-refractivity contribution in [2.45, 2.75) is 25.5 Å². The van der Waals surface area contributed by atoms with Crippen molar-refractivity contribution in [1.82, 2.24) is 5.32 Å². The zero-order valence-corrected chi connectivity index (χ0v) is 10.7. The number of quaternary nitrogens is 1. The molecule has 0 spiro atoms. The minimum atomic E-state index is -1.49. The molecule has 0 radical (unpaired) electrons. The molecule has 0 aliphatic rings. The molecular formula is C12H16N2O6. The number of carboxylic acid groups (broad SMARTS) is 1. The average Bonchev–Trinajstić information content (AvgIpc) is 2.43. The second-order valence-electron chi connectivity index (χ2n) is 4.11. The maximum absolute atomic E-state index is 11.2. The molecular weight excluding hydrogens is 268 g/mol. The molecule has 0 fully saturated rings. The number of benzene rings is 1. The summed E-state index contributed by atoms with van der Waals surface area (Å²) in [6.45, 7) is 1.56. The van der Waals surface area contributed by atoms with E-state index in [9.17, 15) is 19.9 Å². The maximum Gasteiger partial charge on any atom is 0.329 e. The van der Waals surface area contributed by atoms with Gasteiger partial charge in [0.25, 0.3) is 0 Å². The van der Waals surface area contributed by atoms with Crippen LogP contribution < -0.4 is 10.5 Å². The van der Waals surface area contributed by atoms with Crippen LogP contribution in [-0.2, 0) is 9.59 Å². The van der Waals surface area contributed by atoms with Crippen LogP contribution in [0, 0.1) is 5.21 Å². The minimum absolute atomic E-state index is 0.0189. The number of hydrogen-bond acceptors (Lipinski definition) is 5. The summed E-state index contributed by atoms with van der Waals surface area (Å²) in [7, 11) is 0. The van der Waals surface area contributed by atoms with Gasteiger partial charge in [-0.1, -0.05) is 19.1 Å². The van der Waals surface area contributed by atoms with E-state index in [4.69, 9.17) is 10.3 Å². The first-order chi connectivity index (χ1) is 9.36. The third-order valence-corrected chi connectivity index (χ3v) is 2.72. The number of aliphatic hydroxyl groups excluding tert-OH is 1. The fraction of sp³-hybridized carbons (Fsp3) is 0.333. The van der Waals surface area contributed by atoms with Gasteiger partial charge in [0, 0.05) is 18.6 Å². The van der Waals surface area contributed by atoms with Gasteiger partial charge in [0.05, 0.1) is 0 Å². The summed E-state index contributed by atoms with van der Waals surface area (Å²) in [5, 5.41) is 39.5. The van der Waals surface area contributed by atoms with E-state index in [1.54, 1.807) is 6.92 Å². The summed E-state index contributed by atoms with van der Waals surface area (Å²) in [5.74, 6) is -1.87. The molecule has 1 unspecified atom stereocenters. The fourth-order valence-electron chi connectivity index (χ4n) is 1.57. The Morgan fingerprint density at radius 3 is 2.30 bits per heavy atom. The highest BCUT2D eigenvalue weighted by Gasteiger charge is 2.29. The van der Waals surface area contributed by atoms with Crippen molar-refractivity contribution in [2.75, 3.05) is 0 Å². The van der Waals surface area contributed by atoms with Gasteiger partial charge >= 0.3 is 5.97 Å². The number of rotatable bonds is 6. The molecule has 110 valence electrons. The largest absolute Gasteiger partial charge is 0.595 e. The molecule has 3 atom stereocenters. The molecule has 0 aliphatic carbocycles. The monoisotopic (exact) mass is 284 g/mol. The van der Waals surface area contributed by atoms with Crippen LogP contribution in [0.5, 0.6) is 0 Å². The van der Waals surface area contributed by atoms with Crippen LogP contribution in [0.1, 0.15) is 25.0 Å². The second kappa shape index (κ2) is 6.96. The summed E-state index contributed by atoms with van der Waals surface area (Å²) in [4.78, 5) is 22.3. The SMILES string of the molecule is CCC(=O)N[C@H](C(=O)O)[C@H](O)c1ccc([NH+]([O-])O)cc1. The van der Waals surface area contributed by atoms with Crippen LogP contribution >= 0.6 is 0 Å². The van der Waals surface area contributed by atoms with Crippen LogP contribution in [0.25, 0.3) is 0 Å². The topological polar surface area (TPSA) is 134 Å². The summed E-state index contributed by atoms with van der Waals surface area (Å²) in [5.41, 5.74) is 0.226. The molecule has 0 aromatic heterocycles. The molecule has 20 heavy (non-hydrogen) atoms. The van der Waals surface area contributed by atoms with Crippen LogP contribution in [0.2, 0.25) is 0 Å². The molecule has 0 saturated heterocycles. The van der Waals surface area contributed by atoms with Crippen molar-refractivity contribution >= 4 is 17.6 Å². The first kappa shape index (κ1) is 16.1. The van der Waals surface area contributed by atoms with Gasteiger partial charge in [-0.25, -0.2) is 10.0 Å². The van der Waals surface area contributed by atoms with Gasteiger partial charge in [-0.2, -0.15) is 5.23 Å². The van der Waals surface area contributed by atoms with Gasteiger partial charge in [0.15, 0.2) is 11.7 Å². The van der Waals surface area contributed by atoms with E-state index in [-0.39, 0.29) is 17.7 Å². The standard InChI is InChI=1S/C12H16N2O6/c1-2-9(15)13-10(12(17)18)11(16)7-3-5-8(6-4-7)14(19)20/h3-6,10-11,14,16,19H,2H2,1H3,(H,13,15)(H,17,18)/t10-,11+/m0/s1.